The molecule has 2 N–H and O–H groups in total. The number of alkyl halides is 4. The molecule has 32 heavy (non-hydrogen) atoms. The van der Waals surface area contributed by atoms with Crippen molar-refractivity contribution in [2.45, 2.75) is 26.2 Å². The highest BCUT2D eigenvalue weighted by Crippen LogP contribution is 2.27. The van der Waals surface area contributed by atoms with E-state index in [4.69, 9.17) is 0 Å². The number of H-pyrrole nitrogens is 1. The molecule has 1 aromatic heterocycles. The van der Waals surface area contributed by atoms with Crippen LogP contribution in [0.5, 0.6) is 11.5 Å². The molecule has 0 saturated heterocycles. The molecule has 1 heterocycles. The van der Waals surface area contributed by atoms with Crippen LogP contribution in [0, 0.1) is 6.92 Å². The Morgan fingerprint density at radius 3 is 1.69 bits per heavy atom. The summed E-state index contributed by atoms with van der Waals surface area (Å²) in [5.74, 6) is -0.842. The van der Waals surface area contributed by atoms with Crippen molar-refractivity contribution in [3.05, 3.63) is 93.4 Å². The molecule has 0 aliphatic rings. The van der Waals surface area contributed by atoms with E-state index in [9.17, 15) is 27.2 Å². The minimum atomic E-state index is -2.99. The molecule has 10 heteroatoms. The summed E-state index contributed by atoms with van der Waals surface area (Å²) in [5, 5.41) is 2.71. The largest absolute Gasteiger partial charge is 0.435 e. The molecule has 0 aliphatic heterocycles. The van der Waals surface area contributed by atoms with E-state index in [0.29, 0.717) is 16.8 Å². The number of ether oxygens (including phenoxy) is 2. The Kier molecular flexibility index (Phi) is 7.14. The standard InChI is InChI=1S/C22H18F4N2O4/c1-12-2-11-17(19(29)27-12)20(30)28-18(13-3-7-15(8-4-13)31-21(23)24)14-5-9-16(10-6-14)32-22(25)26/h2-11,18,21-22H,1H3,(H,27,29)(H,28,30). The van der Waals surface area contributed by atoms with Gasteiger partial charge in [0, 0.05) is 5.69 Å². The number of aromatic amines is 1. The van der Waals surface area contributed by atoms with Crippen LogP contribution in [0.25, 0.3) is 0 Å². The van der Waals surface area contributed by atoms with Gasteiger partial charge in [-0.1, -0.05) is 24.3 Å². The lowest BCUT2D eigenvalue weighted by molar-refractivity contribution is -0.0505. The minimum Gasteiger partial charge on any atom is -0.435 e. The zero-order chi connectivity index (χ0) is 23.3. The van der Waals surface area contributed by atoms with Gasteiger partial charge < -0.3 is 19.8 Å². The number of carbonyl (C=O) groups is 1. The van der Waals surface area contributed by atoms with Crippen LogP contribution in [-0.2, 0) is 0 Å². The highest BCUT2D eigenvalue weighted by molar-refractivity contribution is 5.94. The molecule has 3 rings (SSSR count). The summed E-state index contributed by atoms with van der Waals surface area (Å²) in [6.45, 7) is -4.32. The number of halogens is 4. The maximum atomic E-state index is 12.8. The van der Waals surface area contributed by atoms with Crippen LogP contribution in [0.2, 0.25) is 0 Å². The normalized spacial score (nSPS) is 11.1. The molecule has 6 nitrogen and oxygen atoms in total. The Labute approximate surface area is 179 Å². The fourth-order valence-electron chi connectivity index (χ4n) is 3.00. The number of pyridine rings is 1. The highest BCUT2D eigenvalue weighted by atomic mass is 19.3. The van der Waals surface area contributed by atoms with Crippen LogP contribution in [0.15, 0.2) is 65.5 Å². The molecule has 0 unspecified atom stereocenters. The smallest absolute Gasteiger partial charge is 0.387 e. The lowest BCUT2D eigenvalue weighted by Gasteiger charge is -2.20. The van der Waals surface area contributed by atoms with Crippen molar-refractivity contribution in [2.75, 3.05) is 0 Å². The third kappa shape index (κ3) is 5.87. The third-order valence-electron chi connectivity index (χ3n) is 4.45. The molecule has 0 spiro atoms. The number of hydrogen-bond acceptors (Lipinski definition) is 4. The topological polar surface area (TPSA) is 80.4 Å². The second-order valence-electron chi connectivity index (χ2n) is 6.69. The van der Waals surface area contributed by atoms with Crippen LogP contribution in [0.3, 0.4) is 0 Å². The van der Waals surface area contributed by atoms with E-state index in [2.05, 4.69) is 19.8 Å². The molecule has 0 aliphatic carbocycles. The summed E-state index contributed by atoms with van der Waals surface area (Å²) in [4.78, 5) is 27.5. The van der Waals surface area contributed by atoms with Crippen LogP contribution >= 0.6 is 0 Å². The Morgan fingerprint density at radius 2 is 1.28 bits per heavy atom. The molecule has 1 amide bonds. The van der Waals surface area contributed by atoms with Crippen molar-refractivity contribution in [2.24, 2.45) is 0 Å². The number of aryl methyl sites for hydroxylation is 1. The molecule has 0 atom stereocenters. The quantitative estimate of drug-likeness (QED) is 0.499. The van der Waals surface area contributed by atoms with Gasteiger partial charge in [-0.3, -0.25) is 9.59 Å². The number of aromatic nitrogens is 1. The Bertz CT molecular complexity index is 1060. The van der Waals surface area contributed by atoms with Crippen molar-refractivity contribution in [1.82, 2.24) is 10.3 Å². The van der Waals surface area contributed by atoms with Gasteiger partial charge >= 0.3 is 13.2 Å². The van der Waals surface area contributed by atoms with E-state index in [1.165, 1.54) is 54.6 Å². The highest BCUT2D eigenvalue weighted by Gasteiger charge is 2.20. The van der Waals surface area contributed by atoms with E-state index >= 15 is 0 Å². The first-order valence-electron chi connectivity index (χ1n) is 9.33. The average Bonchev–Trinajstić information content (AvgIpc) is 2.72. The van der Waals surface area contributed by atoms with Crippen molar-refractivity contribution < 1.29 is 31.8 Å². The molecular weight excluding hydrogens is 432 g/mol. The monoisotopic (exact) mass is 450 g/mol. The lowest BCUT2D eigenvalue weighted by atomic mass is 9.98. The molecule has 0 radical (unpaired) electrons. The number of benzene rings is 2. The fourth-order valence-corrected chi connectivity index (χ4v) is 3.00. The predicted molar refractivity (Wildman–Crippen MR) is 107 cm³/mol. The molecular formula is C22H18F4N2O4. The van der Waals surface area contributed by atoms with E-state index in [0.717, 1.165) is 0 Å². The average molecular weight is 450 g/mol. The van der Waals surface area contributed by atoms with Crippen LogP contribution in [0.4, 0.5) is 17.6 Å². The predicted octanol–water partition coefficient (Wildman–Crippen LogP) is 4.41. The number of amides is 1. The van der Waals surface area contributed by atoms with Crippen molar-refractivity contribution in [1.29, 1.82) is 0 Å². The Morgan fingerprint density at radius 1 is 0.812 bits per heavy atom. The second kappa shape index (κ2) is 9.99. The fraction of sp³-hybridized carbons (Fsp3) is 0.182. The number of nitrogens with one attached hydrogen (secondary N) is 2. The van der Waals surface area contributed by atoms with Crippen LogP contribution in [0.1, 0.15) is 33.2 Å². The first-order valence-corrected chi connectivity index (χ1v) is 9.33. The van der Waals surface area contributed by atoms with Gasteiger partial charge in [-0.25, -0.2) is 0 Å². The summed E-state index contributed by atoms with van der Waals surface area (Å²) < 4.78 is 58.3. The maximum absolute atomic E-state index is 12.8. The summed E-state index contributed by atoms with van der Waals surface area (Å²) >= 11 is 0. The maximum Gasteiger partial charge on any atom is 0.387 e. The lowest BCUT2D eigenvalue weighted by Crippen LogP contribution is -2.33. The number of hydrogen-bond donors (Lipinski definition) is 2. The van der Waals surface area contributed by atoms with Crippen LogP contribution in [-0.4, -0.2) is 24.1 Å². The van der Waals surface area contributed by atoms with E-state index < -0.39 is 30.7 Å². The molecule has 2 aromatic carbocycles. The summed E-state index contributed by atoms with van der Waals surface area (Å²) in [5.41, 5.74) is 0.822. The van der Waals surface area contributed by atoms with Crippen molar-refractivity contribution >= 4 is 5.91 Å². The molecule has 0 fully saturated rings. The van der Waals surface area contributed by atoms with E-state index in [1.54, 1.807) is 13.0 Å². The van der Waals surface area contributed by atoms with Gasteiger partial charge in [0.2, 0.25) is 0 Å². The number of rotatable bonds is 8. The van der Waals surface area contributed by atoms with Crippen LogP contribution < -0.4 is 20.3 Å². The minimum absolute atomic E-state index is 0.0792. The molecule has 0 bridgehead atoms. The first-order chi connectivity index (χ1) is 15.2. The van der Waals surface area contributed by atoms with E-state index in [1.807, 2.05) is 0 Å². The molecule has 0 saturated carbocycles. The molecule has 168 valence electrons. The second-order valence-corrected chi connectivity index (χ2v) is 6.69. The van der Waals surface area contributed by atoms with Gasteiger partial charge in [0.05, 0.1) is 6.04 Å². The Balaban J connectivity index is 1.93. The van der Waals surface area contributed by atoms with Crippen molar-refractivity contribution in [3.8, 4) is 11.5 Å². The van der Waals surface area contributed by atoms with Gasteiger partial charge in [-0.15, -0.1) is 0 Å². The third-order valence-corrected chi connectivity index (χ3v) is 4.45. The summed E-state index contributed by atoms with van der Waals surface area (Å²) in [6.07, 6.45) is 0. The zero-order valence-corrected chi connectivity index (χ0v) is 16.7. The first kappa shape index (κ1) is 22.9. The van der Waals surface area contributed by atoms with Gasteiger partial charge in [-0.2, -0.15) is 17.6 Å². The summed E-state index contributed by atoms with van der Waals surface area (Å²) in [6, 6.07) is 13.2. The van der Waals surface area contributed by atoms with Gasteiger partial charge in [0.1, 0.15) is 17.1 Å². The van der Waals surface area contributed by atoms with Gasteiger partial charge in [0.15, 0.2) is 0 Å². The SMILES string of the molecule is Cc1ccc(C(=O)NC(c2ccc(OC(F)F)cc2)c2ccc(OC(F)F)cc2)c(=O)[nH]1. The van der Waals surface area contributed by atoms with E-state index in [-0.39, 0.29) is 17.1 Å². The van der Waals surface area contributed by atoms with Crippen molar-refractivity contribution in [3.63, 3.8) is 0 Å². The van der Waals surface area contributed by atoms with Gasteiger partial charge in [-0.05, 0) is 54.4 Å². The number of carbonyl (C=O) groups excluding carboxylic acids is 1. The zero-order valence-electron chi connectivity index (χ0n) is 16.7. The Hall–Kier alpha value is -3.82. The molecule has 3 aromatic rings. The van der Waals surface area contributed by atoms with Gasteiger partial charge in [0.25, 0.3) is 11.5 Å². The summed E-state index contributed by atoms with van der Waals surface area (Å²) in [7, 11) is 0.